The molecular formula is C18H26O3. The van der Waals surface area contributed by atoms with E-state index in [0.29, 0.717) is 17.8 Å². The molecule has 21 heavy (non-hydrogen) atoms. The van der Waals surface area contributed by atoms with E-state index in [4.69, 9.17) is 4.74 Å². The summed E-state index contributed by atoms with van der Waals surface area (Å²) in [5, 5.41) is 9.52. The van der Waals surface area contributed by atoms with Crippen LogP contribution in [0.25, 0.3) is 0 Å². The van der Waals surface area contributed by atoms with Crippen molar-refractivity contribution >= 4 is 5.97 Å². The van der Waals surface area contributed by atoms with Gasteiger partial charge in [0.25, 0.3) is 0 Å². The Morgan fingerprint density at radius 2 is 1.90 bits per heavy atom. The van der Waals surface area contributed by atoms with Crippen molar-refractivity contribution in [1.82, 2.24) is 0 Å². The number of ether oxygens (including phenoxy) is 1. The van der Waals surface area contributed by atoms with Crippen molar-refractivity contribution in [3.8, 4) is 0 Å². The molecule has 1 aromatic rings. The zero-order valence-corrected chi connectivity index (χ0v) is 13.2. The van der Waals surface area contributed by atoms with E-state index < -0.39 is 12.1 Å². The molecule has 0 amide bonds. The number of aliphatic carboxylic acids is 1. The molecule has 3 heteroatoms. The SMILES string of the molecule is CC1CCC(C(C)C)C(O[C@H](C(=O)O)c2ccccc2)C1. The quantitative estimate of drug-likeness (QED) is 0.880. The summed E-state index contributed by atoms with van der Waals surface area (Å²) in [5.41, 5.74) is 0.728. The number of hydrogen-bond donors (Lipinski definition) is 1. The fourth-order valence-electron chi connectivity index (χ4n) is 3.35. The maximum absolute atomic E-state index is 11.6. The zero-order chi connectivity index (χ0) is 15.4. The van der Waals surface area contributed by atoms with Crippen LogP contribution in [0.15, 0.2) is 30.3 Å². The fraction of sp³-hybridized carbons (Fsp3) is 0.611. The number of rotatable bonds is 5. The molecule has 1 aromatic carbocycles. The summed E-state index contributed by atoms with van der Waals surface area (Å²) in [4.78, 5) is 11.6. The van der Waals surface area contributed by atoms with Crippen LogP contribution in [0.4, 0.5) is 0 Å². The van der Waals surface area contributed by atoms with Crippen molar-refractivity contribution in [3.63, 3.8) is 0 Å². The molecule has 0 spiro atoms. The van der Waals surface area contributed by atoms with Gasteiger partial charge in [0.2, 0.25) is 0 Å². The van der Waals surface area contributed by atoms with E-state index in [1.807, 2.05) is 30.3 Å². The first-order valence-corrected chi connectivity index (χ1v) is 7.92. The van der Waals surface area contributed by atoms with Crippen LogP contribution in [0, 0.1) is 17.8 Å². The Morgan fingerprint density at radius 1 is 1.24 bits per heavy atom. The number of carboxylic acids is 1. The highest BCUT2D eigenvalue weighted by Crippen LogP contribution is 2.37. The van der Waals surface area contributed by atoms with E-state index in [2.05, 4.69) is 20.8 Å². The lowest BCUT2D eigenvalue weighted by atomic mass is 9.75. The van der Waals surface area contributed by atoms with Gasteiger partial charge in [-0.3, -0.25) is 0 Å². The summed E-state index contributed by atoms with van der Waals surface area (Å²) >= 11 is 0. The average molecular weight is 290 g/mol. The summed E-state index contributed by atoms with van der Waals surface area (Å²) in [7, 11) is 0. The second-order valence-electron chi connectivity index (χ2n) is 6.63. The Morgan fingerprint density at radius 3 is 2.48 bits per heavy atom. The minimum absolute atomic E-state index is 0.0371. The van der Waals surface area contributed by atoms with Gasteiger partial charge in [-0.1, -0.05) is 57.5 Å². The Balaban J connectivity index is 2.16. The molecule has 1 aliphatic rings. The number of benzene rings is 1. The monoisotopic (exact) mass is 290 g/mol. The normalized spacial score (nSPS) is 27.5. The summed E-state index contributed by atoms with van der Waals surface area (Å²) in [6.07, 6.45) is 2.48. The molecule has 0 aliphatic heterocycles. The van der Waals surface area contributed by atoms with Crippen LogP contribution in [0.1, 0.15) is 51.7 Å². The number of hydrogen-bond acceptors (Lipinski definition) is 2. The van der Waals surface area contributed by atoms with Gasteiger partial charge in [-0.05, 0) is 36.2 Å². The molecule has 1 saturated carbocycles. The summed E-state index contributed by atoms with van der Waals surface area (Å²) < 4.78 is 6.08. The Bertz CT molecular complexity index is 455. The third-order valence-corrected chi connectivity index (χ3v) is 4.60. The van der Waals surface area contributed by atoms with Gasteiger partial charge in [0.05, 0.1) is 6.10 Å². The first kappa shape index (κ1) is 16.0. The van der Waals surface area contributed by atoms with E-state index in [-0.39, 0.29) is 6.10 Å². The van der Waals surface area contributed by atoms with E-state index in [9.17, 15) is 9.90 Å². The van der Waals surface area contributed by atoms with Crippen molar-refractivity contribution in [3.05, 3.63) is 35.9 Å². The summed E-state index contributed by atoms with van der Waals surface area (Å²) in [5.74, 6) is 0.677. The molecule has 1 fully saturated rings. The van der Waals surface area contributed by atoms with Crippen molar-refractivity contribution < 1.29 is 14.6 Å². The smallest absolute Gasteiger partial charge is 0.337 e. The fourth-order valence-corrected chi connectivity index (χ4v) is 3.35. The van der Waals surface area contributed by atoms with Gasteiger partial charge in [-0.25, -0.2) is 4.79 Å². The van der Waals surface area contributed by atoms with Crippen LogP contribution in [0.3, 0.4) is 0 Å². The van der Waals surface area contributed by atoms with Gasteiger partial charge in [-0.2, -0.15) is 0 Å². The molecule has 0 bridgehead atoms. The molecule has 3 unspecified atom stereocenters. The molecule has 2 rings (SSSR count). The lowest BCUT2D eigenvalue weighted by molar-refractivity contribution is -0.161. The van der Waals surface area contributed by atoms with Gasteiger partial charge in [0.1, 0.15) is 0 Å². The van der Waals surface area contributed by atoms with E-state index in [1.54, 1.807) is 0 Å². The Kier molecular flexibility index (Phi) is 5.40. The average Bonchev–Trinajstić information content (AvgIpc) is 2.45. The minimum Gasteiger partial charge on any atom is -0.479 e. The molecular weight excluding hydrogens is 264 g/mol. The third kappa shape index (κ3) is 4.07. The van der Waals surface area contributed by atoms with Crippen LogP contribution in [0.2, 0.25) is 0 Å². The molecule has 4 atom stereocenters. The van der Waals surface area contributed by atoms with E-state index in [0.717, 1.165) is 18.4 Å². The molecule has 0 radical (unpaired) electrons. The first-order chi connectivity index (χ1) is 9.99. The highest BCUT2D eigenvalue weighted by molar-refractivity contribution is 5.74. The molecule has 1 aliphatic carbocycles. The predicted octanol–water partition coefficient (Wildman–Crippen LogP) is 4.29. The molecule has 0 heterocycles. The predicted molar refractivity (Wildman–Crippen MR) is 83.0 cm³/mol. The molecule has 116 valence electrons. The molecule has 0 saturated heterocycles. The van der Waals surface area contributed by atoms with Crippen LogP contribution in [-0.2, 0) is 9.53 Å². The van der Waals surface area contributed by atoms with Crippen LogP contribution >= 0.6 is 0 Å². The first-order valence-electron chi connectivity index (χ1n) is 7.92. The zero-order valence-electron chi connectivity index (χ0n) is 13.2. The van der Waals surface area contributed by atoms with Gasteiger partial charge >= 0.3 is 5.97 Å². The van der Waals surface area contributed by atoms with E-state index in [1.165, 1.54) is 6.42 Å². The molecule has 3 nitrogen and oxygen atoms in total. The van der Waals surface area contributed by atoms with Crippen molar-refractivity contribution in [2.75, 3.05) is 0 Å². The number of carbonyl (C=O) groups is 1. The van der Waals surface area contributed by atoms with E-state index >= 15 is 0 Å². The second-order valence-corrected chi connectivity index (χ2v) is 6.63. The maximum atomic E-state index is 11.6. The van der Waals surface area contributed by atoms with Gasteiger partial charge < -0.3 is 9.84 Å². The van der Waals surface area contributed by atoms with Crippen molar-refractivity contribution in [2.24, 2.45) is 17.8 Å². The Labute approximate surface area is 127 Å². The Hall–Kier alpha value is -1.35. The van der Waals surface area contributed by atoms with Gasteiger partial charge in [0, 0.05) is 0 Å². The third-order valence-electron chi connectivity index (χ3n) is 4.60. The summed E-state index contributed by atoms with van der Waals surface area (Å²) in [6, 6.07) is 9.27. The van der Waals surface area contributed by atoms with Crippen LogP contribution < -0.4 is 0 Å². The van der Waals surface area contributed by atoms with Gasteiger partial charge in [-0.15, -0.1) is 0 Å². The van der Waals surface area contributed by atoms with Crippen LogP contribution in [0.5, 0.6) is 0 Å². The van der Waals surface area contributed by atoms with Crippen molar-refractivity contribution in [2.45, 2.75) is 52.2 Å². The standard InChI is InChI=1S/C18H26O3/c1-12(2)15-10-9-13(3)11-16(15)21-17(18(19)20)14-7-5-4-6-8-14/h4-8,12-13,15-17H,9-11H2,1-3H3,(H,19,20)/t13?,15?,16?,17-/m0/s1. The van der Waals surface area contributed by atoms with Gasteiger partial charge in [0.15, 0.2) is 6.10 Å². The molecule has 1 N–H and O–H groups in total. The van der Waals surface area contributed by atoms with Crippen LogP contribution in [-0.4, -0.2) is 17.2 Å². The lowest BCUT2D eigenvalue weighted by Crippen LogP contribution is -2.36. The highest BCUT2D eigenvalue weighted by atomic mass is 16.5. The highest BCUT2D eigenvalue weighted by Gasteiger charge is 2.35. The number of carboxylic acid groups (broad SMARTS) is 1. The largest absolute Gasteiger partial charge is 0.479 e. The maximum Gasteiger partial charge on any atom is 0.337 e. The lowest BCUT2D eigenvalue weighted by Gasteiger charge is -2.38. The summed E-state index contributed by atoms with van der Waals surface area (Å²) in [6.45, 7) is 6.63. The second kappa shape index (κ2) is 7.08. The topological polar surface area (TPSA) is 46.5 Å². The van der Waals surface area contributed by atoms with Crippen molar-refractivity contribution in [1.29, 1.82) is 0 Å². The molecule has 0 aromatic heterocycles. The minimum atomic E-state index is -0.901.